The number of nitrogens with zero attached hydrogens (tertiary/aromatic N) is 3. The van der Waals surface area contributed by atoms with E-state index in [1.54, 1.807) is 10.9 Å². The lowest BCUT2D eigenvalue weighted by atomic mass is 9.94. The third-order valence-corrected chi connectivity index (χ3v) is 3.41. The van der Waals surface area contributed by atoms with Gasteiger partial charge in [-0.1, -0.05) is 33.4 Å². The summed E-state index contributed by atoms with van der Waals surface area (Å²) < 4.78 is 1.77. The highest BCUT2D eigenvalue weighted by Crippen LogP contribution is 2.29. The number of hydrogen-bond donors (Lipinski definition) is 0. The Bertz CT molecular complexity index is 566. The Morgan fingerprint density at radius 1 is 1.52 bits per heavy atom. The molecule has 2 rings (SSSR count). The van der Waals surface area contributed by atoms with Gasteiger partial charge in [0.05, 0.1) is 18.0 Å². The first-order valence-corrected chi connectivity index (χ1v) is 7.18. The first-order chi connectivity index (χ1) is 9.86. The summed E-state index contributed by atoms with van der Waals surface area (Å²) in [5.74, 6) is -0.0362. The van der Waals surface area contributed by atoms with Crippen LogP contribution in [0.1, 0.15) is 39.8 Å². The van der Waals surface area contributed by atoms with Gasteiger partial charge in [0.15, 0.2) is 0 Å². The summed E-state index contributed by atoms with van der Waals surface area (Å²) in [6.45, 7) is 12.3. The Kier molecular flexibility index (Phi) is 4.32. The van der Waals surface area contributed by atoms with Crippen LogP contribution in [0.3, 0.4) is 0 Å². The van der Waals surface area contributed by atoms with Crippen molar-refractivity contribution in [1.29, 1.82) is 0 Å². The van der Waals surface area contributed by atoms with Crippen LogP contribution in [0.15, 0.2) is 24.9 Å². The quantitative estimate of drug-likeness (QED) is 0.859. The Labute approximate surface area is 125 Å². The van der Waals surface area contributed by atoms with Gasteiger partial charge >= 0.3 is 0 Å². The van der Waals surface area contributed by atoms with Crippen molar-refractivity contribution in [1.82, 2.24) is 14.8 Å². The van der Waals surface area contributed by atoms with Crippen molar-refractivity contribution >= 4 is 17.7 Å². The van der Waals surface area contributed by atoms with Crippen molar-refractivity contribution in [2.75, 3.05) is 6.61 Å². The largest absolute Gasteiger partial charge is 0.272 e. The van der Waals surface area contributed by atoms with Gasteiger partial charge in [-0.3, -0.25) is 9.63 Å². The molecule has 1 fully saturated rings. The molecule has 1 aromatic rings. The van der Waals surface area contributed by atoms with E-state index in [0.29, 0.717) is 6.61 Å². The molecule has 1 atom stereocenters. The second kappa shape index (κ2) is 5.85. The summed E-state index contributed by atoms with van der Waals surface area (Å²) in [4.78, 5) is 18.0. The van der Waals surface area contributed by atoms with Crippen LogP contribution in [0, 0.1) is 5.41 Å². The van der Waals surface area contributed by atoms with E-state index >= 15 is 0 Å². The molecule has 1 aliphatic heterocycles. The molecule has 1 aromatic heterocycles. The van der Waals surface area contributed by atoms with Gasteiger partial charge in [0.2, 0.25) is 0 Å². The normalized spacial score (nSPS) is 19.4. The van der Waals surface area contributed by atoms with Gasteiger partial charge in [0.1, 0.15) is 6.04 Å². The van der Waals surface area contributed by atoms with E-state index < -0.39 is 5.41 Å². The van der Waals surface area contributed by atoms with Crippen LogP contribution in [0.25, 0.3) is 11.8 Å². The predicted molar refractivity (Wildman–Crippen MR) is 82.9 cm³/mol. The minimum Gasteiger partial charge on any atom is -0.272 e. The third-order valence-electron chi connectivity index (χ3n) is 3.41. The summed E-state index contributed by atoms with van der Waals surface area (Å²) in [6.07, 6.45) is 6.37. The number of aromatic nitrogens is 2. The van der Waals surface area contributed by atoms with Crippen LogP contribution in [-0.4, -0.2) is 33.4 Å². The van der Waals surface area contributed by atoms with Crippen molar-refractivity contribution in [3.8, 4) is 0 Å². The molecule has 114 valence electrons. The van der Waals surface area contributed by atoms with Gasteiger partial charge < -0.3 is 0 Å². The number of carbonyl (C=O) groups is 1. The Balaban J connectivity index is 2.26. The molecule has 1 amide bonds. The molecule has 1 saturated heterocycles. The van der Waals surface area contributed by atoms with E-state index in [9.17, 15) is 4.79 Å². The van der Waals surface area contributed by atoms with E-state index in [1.165, 1.54) is 5.06 Å². The Morgan fingerprint density at radius 2 is 2.24 bits per heavy atom. The summed E-state index contributed by atoms with van der Waals surface area (Å²) >= 11 is 0. The lowest BCUT2D eigenvalue weighted by Crippen LogP contribution is -2.42. The van der Waals surface area contributed by atoms with E-state index in [4.69, 9.17) is 4.84 Å². The van der Waals surface area contributed by atoms with Crippen LogP contribution < -0.4 is 0 Å². The van der Waals surface area contributed by atoms with Gasteiger partial charge in [-0.2, -0.15) is 5.10 Å². The third kappa shape index (κ3) is 3.08. The van der Waals surface area contributed by atoms with E-state index in [2.05, 4.69) is 11.7 Å². The zero-order valence-electron chi connectivity index (χ0n) is 13.2. The molecule has 0 aromatic carbocycles. The first-order valence-electron chi connectivity index (χ1n) is 7.18. The molecular formula is C16H23N3O2. The van der Waals surface area contributed by atoms with Gasteiger partial charge in [-0.15, -0.1) is 0 Å². The average molecular weight is 289 g/mol. The maximum atomic E-state index is 12.5. The lowest BCUT2D eigenvalue weighted by Gasteiger charge is -2.30. The molecule has 0 aliphatic carbocycles. The molecule has 2 heterocycles. The highest BCUT2D eigenvalue weighted by atomic mass is 16.7. The second-order valence-electron chi connectivity index (χ2n) is 6.18. The van der Waals surface area contributed by atoms with Crippen molar-refractivity contribution in [3.05, 3.63) is 30.6 Å². The monoisotopic (exact) mass is 289 g/mol. The minimum atomic E-state index is -0.487. The number of hydrogen-bond acceptors (Lipinski definition) is 3. The highest BCUT2D eigenvalue weighted by molar-refractivity contribution is 5.82. The lowest BCUT2D eigenvalue weighted by molar-refractivity contribution is -0.182. The SMILES string of the molecule is C=C([C@@H]1CCON1C(=O)C(C)(C)C)n1nccc1/C=C\C. The van der Waals surface area contributed by atoms with Crippen LogP contribution >= 0.6 is 0 Å². The summed E-state index contributed by atoms with van der Waals surface area (Å²) in [7, 11) is 0. The van der Waals surface area contributed by atoms with Gasteiger partial charge in [0.25, 0.3) is 5.91 Å². The smallest absolute Gasteiger partial charge is 0.252 e. The number of carbonyl (C=O) groups excluding carboxylic acids is 1. The zero-order chi connectivity index (χ0) is 15.6. The summed E-state index contributed by atoms with van der Waals surface area (Å²) in [5, 5.41) is 5.77. The number of hydroxylamine groups is 2. The van der Waals surface area contributed by atoms with E-state index in [-0.39, 0.29) is 11.9 Å². The molecule has 0 unspecified atom stereocenters. The Morgan fingerprint density at radius 3 is 2.86 bits per heavy atom. The standard InChI is InChI=1S/C16H23N3O2/c1-6-7-13-8-10-17-18(13)12(2)14-9-11-21-19(14)15(20)16(3,4)5/h6-8,10,14H,2,9,11H2,1,3-5H3/b7-6-/t14-/m0/s1. The molecule has 5 nitrogen and oxygen atoms in total. The van der Waals surface area contributed by atoms with Crippen LogP contribution in [0.4, 0.5) is 0 Å². The second-order valence-corrected chi connectivity index (χ2v) is 6.18. The molecule has 0 N–H and O–H groups in total. The molecule has 5 heteroatoms. The van der Waals surface area contributed by atoms with Crippen LogP contribution in [0.5, 0.6) is 0 Å². The molecule has 21 heavy (non-hydrogen) atoms. The maximum Gasteiger partial charge on any atom is 0.252 e. The van der Waals surface area contributed by atoms with E-state index in [1.807, 2.05) is 45.9 Å². The van der Waals surface area contributed by atoms with Crippen molar-refractivity contribution in [3.63, 3.8) is 0 Å². The van der Waals surface area contributed by atoms with Gasteiger partial charge in [0, 0.05) is 18.0 Å². The zero-order valence-corrected chi connectivity index (χ0v) is 13.2. The molecule has 0 bridgehead atoms. The summed E-state index contributed by atoms with van der Waals surface area (Å²) in [5.41, 5.74) is 1.21. The van der Waals surface area contributed by atoms with Crippen molar-refractivity contribution < 1.29 is 9.63 Å². The molecule has 1 aliphatic rings. The number of allylic oxidation sites excluding steroid dienone is 1. The van der Waals surface area contributed by atoms with E-state index in [0.717, 1.165) is 17.8 Å². The fraction of sp³-hybridized carbons (Fsp3) is 0.500. The topological polar surface area (TPSA) is 47.4 Å². The Hall–Kier alpha value is -1.88. The highest BCUT2D eigenvalue weighted by Gasteiger charge is 2.38. The van der Waals surface area contributed by atoms with Crippen LogP contribution in [-0.2, 0) is 9.63 Å². The van der Waals surface area contributed by atoms with Crippen LogP contribution in [0.2, 0.25) is 0 Å². The molecule has 0 spiro atoms. The molecule has 0 radical (unpaired) electrons. The minimum absolute atomic E-state index is 0.0362. The molecular weight excluding hydrogens is 266 g/mol. The fourth-order valence-corrected chi connectivity index (χ4v) is 2.29. The van der Waals surface area contributed by atoms with Gasteiger partial charge in [-0.25, -0.2) is 9.75 Å². The number of amides is 1. The number of rotatable bonds is 3. The van der Waals surface area contributed by atoms with Crippen molar-refractivity contribution in [2.24, 2.45) is 5.41 Å². The maximum absolute atomic E-state index is 12.5. The molecule has 0 saturated carbocycles. The van der Waals surface area contributed by atoms with Gasteiger partial charge in [-0.05, 0) is 19.1 Å². The average Bonchev–Trinajstić information content (AvgIpc) is 3.05. The summed E-state index contributed by atoms with van der Waals surface area (Å²) in [6, 6.07) is 1.73. The fourth-order valence-electron chi connectivity index (χ4n) is 2.29. The first kappa shape index (κ1) is 15.5. The predicted octanol–water partition coefficient (Wildman–Crippen LogP) is 2.97. The van der Waals surface area contributed by atoms with Crippen molar-refractivity contribution in [2.45, 2.75) is 40.2 Å².